The molecule has 3 rings (SSSR count). The van der Waals surface area contributed by atoms with Gasteiger partial charge in [-0.3, -0.25) is 9.59 Å². The molecule has 1 atom stereocenters. The zero-order valence-corrected chi connectivity index (χ0v) is 19.8. The quantitative estimate of drug-likeness (QED) is 0.617. The SMILES string of the molecule is CC(C)CC(NC(=O)CN(C)C)c1nnc2n1CCN(C(=O)C=Cc1ccc(F)cc1)CC2. The molecule has 1 aromatic carbocycles. The smallest absolute Gasteiger partial charge is 0.246 e. The first-order chi connectivity index (χ1) is 15.7. The number of nitrogens with zero attached hydrogens (tertiary/aromatic N) is 5. The number of likely N-dealkylation sites (N-methyl/N-ethyl adjacent to an activating group) is 1. The van der Waals surface area contributed by atoms with Gasteiger partial charge in [0.1, 0.15) is 11.6 Å². The first-order valence-corrected chi connectivity index (χ1v) is 11.3. The van der Waals surface area contributed by atoms with Crippen molar-refractivity contribution in [1.29, 1.82) is 0 Å². The fourth-order valence-corrected chi connectivity index (χ4v) is 3.90. The molecule has 2 amide bonds. The Morgan fingerprint density at radius 2 is 1.88 bits per heavy atom. The van der Waals surface area contributed by atoms with Gasteiger partial charge in [-0.25, -0.2) is 4.39 Å². The fourth-order valence-electron chi connectivity index (χ4n) is 3.90. The molecular weight excluding hydrogens is 423 g/mol. The number of fused-ring (bicyclic) bond motifs is 1. The minimum Gasteiger partial charge on any atom is -0.345 e. The molecule has 33 heavy (non-hydrogen) atoms. The monoisotopic (exact) mass is 456 g/mol. The molecule has 0 spiro atoms. The first-order valence-electron chi connectivity index (χ1n) is 11.3. The van der Waals surface area contributed by atoms with Crippen molar-refractivity contribution >= 4 is 17.9 Å². The van der Waals surface area contributed by atoms with E-state index < -0.39 is 0 Å². The summed E-state index contributed by atoms with van der Waals surface area (Å²) >= 11 is 0. The Bertz CT molecular complexity index is 983. The summed E-state index contributed by atoms with van der Waals surface area (Å²) < 4.78 is 15.1. The summed E-state index contributed by atoms with van der Waals surface area (Å²) in [4.78, 5) is 28.8. The molecule has 1 aliphatic rings. The highest BCUT2D eigenvalue weighted by Crippen LogP contribution is 2.22. The second-order valence-corrected chi connectivity index (χ2v) is 9.07. The van der Waals surface area contributed by atoms with Crippen LogP contribution < -0.4 is 5.32 Å². The van der Waals surface area contributed by atoms with Crippen LogP contribution in [0.3, 0.4) is 0 Å². The number of amides is 2. The lowest BCUT2D eigenvalue weighted by molar-refractivity contribution is -0.126. The molecule has 9 heteroatoms. The molecule has 0 saturated heterocycles. The second kappa shape index (κ2) is 11.2. The van der Waals surface area contributed by atoms with Crippen molar-refractivity contribution in [3.05, 3.63) is 53.4 Å². The number of halogens is 1. The second-order valence-electron chi connectivity index (χ2n) is 9.07. The number of rotatable bonds is 8. The summed E-state index contributed by atoms with van der Waals surface area (Å²) in [7, 11) is 3.71. The number of nitrogens with one attached hydrogen (secondary N) is 1. The topological polar surface area (TPSA) is 83.4 Å². The van der Waals surface area contributed by atoms with E-state index >= 15 is 0 Å². The van der Waals surface area contributed by atoms with Gasteiger partial charge in [0.05, 0.1) is 12.6 Å². The van der Waals surface area contributed by atoms with Crippen molar-refractivity contribution in [3.8, 4) is 0 Å². The van der Waals surface area contributed by atoms with Gasteiger partial charge in [-0.2, -0.15) is 0 Å². The Hall–Kier alpha value is -3.07. The zero-order chi connectivity index (χ0) is 24.0. The number of hydrogen-bond donors (Lipinski definition) is 1. The summed E-state index contributed by atoms with van der Waals surface area (Å²) in [6.07, 6.45) is 4.55. The Morgan fingerprint density at radius 3 is 2.55 bits per heavy atom. The third kappa shape index (κ3) is 6.95. The molecular formula is C24H33FN6O2. The van der Waals surface area contributed by atoms with E-state index in [2.05, 4.69) is 29.4 Å². The minimum atomic E-state index is -0.307. The van der Waals surface area contributed by atoms with Crippen molar-refractivity contribution in [2.45, 2.75) is 39.3 Å². The van der Waals surface area contributed by atoms with E-state index in [-0.39, 0.29) is 23.7 Å². The first kappa shape index (κ1) is 24.6. The molecule has 2 aromatic rings. The maximum absolute atomic E-state index is 13.1. The molecule has 1 aromatic heterocycles. The van der Waals surface area contributed by atoms with E-state index in [9.17, 15) is 14.0 Å². The number of carbonyl (C=O) groups excluding carboxylic acids is 2. The summed E-state index contributed by atoms with van der Waals surface area (Å²) in [6, 6.07) is 5.77. The Labute approximate surface area is 194 Å². The van der Waals surface area contributed by atoms with Crippen LogP contribution >= 0.6 is 0 Å². The largest absolute Gasteiger partial charge is 0.345 e. The highest BCUT2D eigenvalue weighted by Gasteiger charge is 2.26. The van der Waals surface area contributed by atoms with E-state index in [0.717, 1.165) is 23.6 Å². The van der Waals surface area contributed by atoms with Gasteiger partial charge >= 0.3 is 0 Å². The Balaban J connectivity index is 1.70. The van der Waals surface area contributed by atoms with Crippen LogP contribution in [0.5, 0.6) is 0 Å². The summed E-state index contributed by atoms with van der Waals surface area (Å²) in [5.41, 5.74) is 0.768. The molecule has 1 unspecified atom stereocenters. The third-order valence-corrected chi connectivity index (χ3v) is 5.47. The predicted molar refractivity (Wildman–Crippen MR) is 125 cm³/mol. The molecule has 0 saturated carbocycles. The molecule has 0 fully saturated rings. The lowest BCUT2D eigenvalue weighted by Crippen LogP contribution is -2.37. The van der Waals surface area contributed by atoms with Gasteiger partial charge in [-0.05, 0) is 50.2 Å². The summed E-state index contributed by atoms with van der Waals surface area (Å²) in [5, 5.41) is 11.9. The van der Waals surface area contributed by atoms with E-state index in [1.165, 1.54) is 18.2 Å². The number of carbonyl (C=O) groups is 2. The van der Waals surface area contributed by atoms with Gasteiger partial charge in [0.2, 0.25) is 11.8 Å². The maximum Gasteiger partial charge on any atom is 0.246 e. The van der Waals surface area contributed by atoms with Gasteiger partial charge in [0.15, 0.2) is 5.82 Å². The van der Waals surface area contributed by atoms with Crippen LogP contribution in [0.2, 0.25) is 0 Å². The minimum absolute atomic E-state index is 0.0562. The highest BCUT2D eigenvalue weighted by atomic mass is 19.1. The van der Waals surface area contributed by atoms with Crippen molar-refractivity contribution in [2.75, 3.05) is 33.7 Å². The highest BCUT2D eigenvalue weighted by molar-refractivity contribution is 5.91. The van der Waals surface area contributed by atoms with Gasteiger partial charge in [-0.15, -0.1) is 10.2 Å². The normalized spacial score (nSPS) is 15.1. The summed E-state index contributed by atoms with van der Waals surface area (Å²) in [5.74, 6) is 1.46. The molecule has 178 valence electrons. The standard InChI is InChI=1S/C24H33FN6O2/c1-17(2)15-20(26-22(32)16-29(3)4)24-28-27-21-11-12-30(13-14-31(21)24)23(33)10-7-18-5-8-19(25)9-6-18/h5-10,17,20H,11-16H2,1-4H3,(H,26,32). The van der Waals surface area contributed by atoms with E-state index in [1.54, 1.807) is 23.1 Å². The predicted octanol–water partition coefficient (Wildman–Crippen LogP) is 2.28. The fraction of sp³-hybridized carbons (Fsp3) is 0.500. The van der Waals surface area contributed by atoms with Crippen LogP contribution in [0, 0.1) is 11.7 Å². The average molecular weight is 457 g/mol. The zero-order valence-electron chi connectivity index (χ0n) is 19.8. The number of benzene rings is 1. The van der Waals surface area contributed by atoms with Crippen molar-refractivity contribution in [2.24, 2.45) is 5.92 Å². The average Bonchev–Trinajstić information content (AvgIpc) is 3.03. The number of aromatic nitrogens is 3. The van der Waals surface area contributed by atoms with Crippen LogP contribution in [0.15, 0.2) is 30.3 Å². The Morgan fingerprint density at radius 1 is 1.15 bits per heavy atom. The Kier molecular flexibility index (Phi) is 8.32. The van der Waals surface area contributed by atoms with Crippen molar-refractivity contribution in [3.63, 3.8) is 0 Å². The third-order valence-electron chi connectivity index (χ3n) is 5.47. The molecule has 0 radical (unpaired) electrons. The maximum atomic E-state index is 13.1. The molecule has 8 nitrogen and oxygen atoms in total. The van der Waals surface area contributed by atoms with Crippen LogP contribution in [-0.4, -0.2) is 70.1 Å². The van der Waals surface area contributed by atoms with Gasteiger partial charge in [0.25, 0.3) is 0 Å². The molecule has 2 heterocycles. The van der Waals surface area contributed by atoms with Gasteiger partial charge in [0, 0.05) is 32.1 Å². The van der Waals surface area contributed by atoms with E-state index in [4.69, 9.17) is 0 Å². The van der Waals surface area contributed by atoms with Crippen LogP contribution in [0.1, 0.15) is 43.5 Å². The van der Waals surface area contributed by atoms with Crippen molar-refractivity contribution < 1.29 is 14.0 Å². The summed E-state index contributed by atoms with van der Waals surface area (Å²) in [6.45, 7) is 6.14. The van der Waals surface area contributed by atoms with Crippen LogP contribution in [-0.2, 0) is 22.6 Å². The van der Waals surface area contributed by atoms with Crippen LogP contribution in [0.25, 0.3) is 6.08 Å². The van der Waals surface area contributed by atoms with Crippen LogP contribution in [0.4, 0.5) is 4.39 Å². The van der Waals surface area contributed by atoms with Crippen molar-refractivity contribution in [1.82, 2.24) is 29.9 Å². The molecule has 1 aliphatic heterocycles. The number of hydrogen-bond acceptors (Lipinski definition) is 5. The van der Waals surface area contributed by atoms with E-state index in [0.29, 0.717) is 38.5 Å². The van der Waals surface area contributed by atoms with Gasteiger partial charge in [-0.1, -0.05) is 26.0 Å². The van der Waals surface area contributed by atoms with E-state index in [1.807, 2.05) is 23.6 Å². The molecule has 0 aliphatic carbocycles. The molecule has 1 N–H and O–H groups in total. The lowest BCUT2D eigenvalue weighted by Gasteiger charge is -2.22. The lowest BCUT2D eigenvalue weighted by atomic mass is 10.0. The van der Waals surface area contributed by atoms with Gasteiger partial charge < -0.3 is 19.7 Å². The molecule has 0 bridgehead atoms.